The lowest BCUT2D eigenvalue weighted by molar-refractivity contribution is -0.305. The Labute approximate surface area is 100.0 Å². The first-order valence-electron chi connectivity index (χ1n) is 5.64. The van der Waals surface area contributed by atoms with Gasteiger partial charge in [-0.15, -0.1) is 0 Å². The molecule has 1 aliphatic rings. The van der Waals surface area contributed by atoms with Crippen molar-refractivity contribution in [2.24, 2.45) is 0 Å². The summed E-state index contributed by atoms with van der Waals surface area (Å²) in [6, 6.07) is 0. The standard InChI is InChI=1S/C11H18N2O4/c1-11(2)10(17)12-6-7-13(11)8(14)4-3-5-9(15)16/h3-7H2,1-2H3,(H,12,17)(H,15,16)/p-1. The lowest BCUT2D eigenvalue weighted by atomic mass is 9.98. The fourth-order valence-electron chi connectivity index (χ4n) is 1.85. The van der Waals surface area contributed by atoms with Gasteiger partial charge in [-0.05, 0) is 26.7 Å². The first-order chi connectivity index (χ1) is 7.85. The van der Waals surface area contributed by atoms with E-state index in [4.69, 9.17) is 0 Å². The van der Waals surface area contributed by atoms with Crippen LogP contribution in [0, 0.1) is 0 Å². The van der Waals surface area contributed by atoms with E-state index >= 15 is 0 Å². The van der Waals surface area contributed by atoms with Crippen LogP contribution in [0.15, 0.2) is 0 Å². The summed E-state index contributed by atoms with van der Waals surface area (Å²) in [6.45, 7) is 4.26. The molecule has 0 saturated carbocycles. The number of carboxylic acid groups (broad SMARTS) is 1. The summed E-state index contributed by atoms with van der Waals surface area (Å²) in [5, 5.41) is 12.9. The molecule has 17 heavy (non-hydrogen) atoms. The number of hydrogen-bond acceptors (Lipinski definition) is 4. The van der Waals surface area contributed by atoms with Gasteiger partial charge >= 0.3 is 0 Å². The minimum absolute atomic E-state index is 0.130. The summed E-state index contributed by atoms with van der Waals surface area (Å²) in [7, 11) is 0. The number of carbonyl (C=O) groups excluding carboxylic acids is 3. The van der Waals surface area contributed by atoms with Crippen LogP contribution in [0.1, 0.15) is 33.1 Å². The van der Waals surface area contributed by atoms with Crippen LogP contribution in [0.25, 0.3) is 0 Å². The Bertz CT molecular complexity index is 338. The van der Waals surface area contributed by atoms with E-state index < -0.39 is 11.5 Å². The van der Waals surface area contributed by atoms with E-state index in [1.54, 1.807) is 13.8 Å². The number of carboxylic acids is 1. The van der Waals surface area contributed by atoms with Gasteiger partial charge in [-0.2, -0.15) is 0 Å². The smallest absolute Gasteiger partial charge is 0.245 e. The summed E-state index contributed by atoms with van der Waals surface area (Å²) < 4.78 is 0. The van der Waals surface area contributed by atoms with Crippen molar-refractivity contribution in [1.82, 2.24) is 10.2 Å². The molecule has 0 unspecified atom stereocenters. The van der Waals surface area contributed by atoms with Crippen molar-refractivity contribution in [3.8, 4) is 0 Å². The molecule has 1 heterocycles. The summed E-state index contributed by atoms with van der Waals surface area (Å²) in [5.74, 6) is -1.53. The van der Waals surface area contributed by atoms with E-state index in [9.17, 15) is 19.5 Å². The third-order valence-corrected chi connectivity index (χ3v) is 2.92. The van der Waals surface area contributed by atoms with Crippen molar-refractivity contribution in [2.75, 3.05) is 13.1 Å². The number of nitrogens with one attached hydrogen (secondary N) is 1. The van der Waals surface area contributed by atoms with Crippen LogP contribution in [0.5, 0.6) is 0 Å². The molecule has 96 valence electrons. The van der Waals surface area contributed by atoms with E-state index in [1.165, 1.54) is 4.90 Å². The monoisotopic (exact) mass is 241 g/mol. The maximum Gasteiger partial charge on any atom is 0.245 e. The van der Waals surface area contributed by atoms with E-state index in [-0.39, 0.29) is 31.1 Å². The Kier molecular flexibility index (Phi) is 4.09. The first kappa shape index (κ1) is 13.5. The third-order valence-electron chi connectivity index (χ3n) is 2.92. The van der Waals surface area contributed by atoms with E-state index in [0.717, 1.165) is 0 Å². The zero-order chi connectivity index (χ0) is 13.1. The molecule has 0 aromatic rings. The van der Waals surface area contributed by atoms with Gasteiger partial charge in [-0.1, -0.05) is 0 Å². The topological polar surface area (TPSA) is 89.5 Å². The van der Waals surface area contributed by atoms with Gasteiger partial charge in [0.1, 0.15) is 5.54 Å². The third kappa shape index (κ3) is 3.18. The minimum Gasteiger partial charge on any atom is -0.550 e. The largest absolute Gasteiger partial charge is 0.550 e. The van der Waals surface area contributed by atoms with Gasteiger partial charge in [-0.3, -0.25) is 9.59 Å². The maximum atomic E-state index is 11.9. The highest BCUT2D eigenvalue weighted by Crippen LogP contribution is 2.19. The fraction of sp³-hybridized carbons (Fsp3) is 0.727. The van der Waals surface area contributed by atoms with Gasteiger partial charge in [0.05, 0.1) is 0 Å². The van der Waals surface area contributed by atoms with Crippen LogP contribution in [-0.4, -0.2) is 41.3 Å². The second-order valence-corrected chi connectivity index (χ2v) is 4.59. The van der Waals surface area contributed by atoms with Crippen LogP contribution < -0.4 is 10.4 Å². The molecule has 0 aromatic heterocycles. The molecule has 1 fully saturated rings. The molecule has 0 atom stereocenters. The first-order valence-corrected chi connectivity index (χ1v) is 5.64. The van der Waals surface area contributed by atoms with Gasteiger partial charge in [0.25, 0.3) is 0 Å². The lowest BCUT2D eigenvalue weighted by Gasteiger charge is -2.41. The Hall–Kier alpha value is -1.59. The second-order valence-electron chi connectivity index (χ2n) is 4.59. The molecule has 1 aliphatic heterocycles. The number of carbonyl (C=O) groups is 3. The maximum absolute atomic E-state index is 11.9. The molecule has 6 heteroatoms. The molecule has 1 N–H and O–H groups in total. The van der Waals surface area contributed by atoms with Crippen molar-refractivity contribution in [2.45, 2.75) is 38.6 Å². The molecule has 0 spiro atoms. The molecule has 6 nitrogen and oxygen atoms in total. The van der Waals surface area contributed by atoms with Gasteiger partial charge in [0.15, 0.2) is 0 Å². The molecule has 0 aromatic carbocycles. The number of hydrogen-bond donors (Lipinski definition) is 1. The number of aliphatic carboxylic acids is 1. The van der Waals surface area contributed by atoms with Crippen molar-refractivity contribution in [3.63, 3.8) is 0 Å². The van der Waals surface area contributed by atoms with E-state index in [1.807, 2.05) is 0 Å². The van der Waals surface area contributed by atoms with Gasteiger partial charge in [0, 0.05) is 25.5 Å². The summed E-state index contributed by atoms with van der Waals surface area (Å²) in [5.41, 5.74) is -0.864. The molecular weight excluding hydrogens is 224 g/mol. The summed E-state index contributed by atoms with van der Waals surface area (Å²) >= 11 is 0. The number of rotatable bonds is 4. The van der Waals surface area contributed by atoms with Gasteiger partial charge < -0.3 is 20.1 Å². The van der Waals surface area contributed by atoms with Crippen molar-refractivity contribution in [3.05, 3.63) is 0 Å². The highest BCUT2D eigenvalue weighted by molar-refractivity contribution is 5.91. The zero-order valence-electron chi connectivity index (χ0n) is 10.1. The Balaban J connectivity index is 2.55. The highest BCUT2D eigenvalue weighted by atomic mass is 16.4. The van der Waals surface area contributed by atoms with Gasteiger partial charge in [-0.25, -0.2) is 0 Å². The molecule has 0 bridgehead atoms. The zero-order valence-corrected chi connectivity index (χ0v) is 10.1. The number of piperazine rings is 1. The van der Waals surface area contributed by atoms with E-state index in [2.05, 4.69) is 5.32 Å². The van der Waals surface area contributed by atoms with Crippen molar-refractivity contribution in [1.29, 1.82) is 0 Å². The normalized spacial score (nSPS) is 18.7. The second kappa shape index (κ2) is 5.16. The average molecular weight is 241 g/mol. The number of amides is 2. The predicted molar refractivity (Wildman–Crippen MR) is 57.7 cm³/mol. The molecule has 1 saturated heterocycles. The van der Waals surface area contributed by atoms with Crippen LogP contribution >= 0.6 is 0 Å². The van der Waals surface area contributed by atoms with Crippen LogP contribution in [0.4, 0.5) is 0 Å². The van der Waals surface area contributed by atoms with Crippen LogP contribution in [0.3, 0.4) is 0 Å². The molecule has 2 amide bonds. The predicted octanol–water partition coefficient (Wildman–Crippen LogP) is -1.36. The highest BCUT2D eigenvalue weighted by Gasteiger charge is 2.39. The Morgan fingerprint density at radius 3 is 2.65 bits per heavy atom. The average Bonchev–Trinajstić information content (AvgIpc) is 2.21. The molecular formula is C11H17N2O4-. The molecule has 0 aliphatic carbocycles. The summed E-state index contributed by atoms with van der Waals surface area (Å²) in [6.07, 6.45) is 0.242. The lowest BCUT2D eigenvalue weighted by Crippen LogP contribution is -2.63. The SMILES string of the molecule is CC1(C)C(=O)NCCN1C(=O)CCCC(=O)[O-]. The quantitative estimate of drug-likeness (QED) is 0.658. The van der Waals surface area contributed by atoms with Crippen LogP contribution in [-0.2, 0) is 14.4 Å². The number of nitrogens with zero attached hydrogens (tertiary/aromatic N) is 1. The Morgan fingerprint density at radius 2 is 2.06 bits per heavy atom. The summed E-state index contributed by atoms with van der Waals surface area (Å²) in [4.78, 5) is 35.2. The van der Waals surface area contributed by atoms with Gasteiger partial charge in [0.2, 0.25) is 11.8 Å². The van der Waals surface area contributed by atoms with Crippen LogP contribution in [0.2, 0.25) is 0 Å². The minimum atomic E-state index is -1.16. The van der Waals surface area contributed by atoms with Crippen molar-refractivity contribution >= 4 is 17.8 Å². The molecule has 0 radical (unpaired) electrons. The van der Waals surface area contributed by atoms with E-state index in [0.29, 0.717) is 13.1 Å². The molecule has 1 rings (SSSR count). The Morgan fingerprint density at radius 1 is 1.41 bits per heavy atom. The fourth-order valence-corrected chi connectivity index (χ4v) is 1.85. The van der Waals surface area contributed by atoms with Crippen molar-refractivity contribution < 1.29 is 19.5 Å².